The molecule has 2 aromatic rings. The summed E-state index contributed by atoms with van der Waals surface area (Å²) >= 11 is 9.79. The molecular formula is C13H7Br3FNO. The van der Waals surface area contributed by atoms with Gasteiger partial charge in [-0.2, -0.15) is 0 Å². The van der Waals surface area contributed by atoms with Crippen molar-refractivity contribution in [1.82, 2.24) is 0 Å². The lowest BCUT2D eigenvalue weighted by atomic mass is 10.2. The quantitative estimate of drug-likeness (QED) is 0.653. The van der Waals surface area contributed by atoms with Crippen LogP contribution in [0.4, 0.5) is 10.1 Å². The largest absolute Gasteiger partial charge is 0.321 e. The minimum Gasteiger partial charge on any atom is -0.321 e. The topological polar surface area (TPSA) is 29.1 Å². The van der Waals surface area contributed by atoms with E-state index in [1.54, 1.807) is 18.2 Å². The first-order chi connectivity index (χ1) is 8.97. The zero-order valence-electron chi connectivity index (χ0n) is 9.38. The van der Waals surface area contributed by atoms with Crippen molar-refractivity contribution < 1.29 is 9.18 Å². The second-order valence-electron chi connectivity index (χ2n) is 3.70. The van der Waals surface area contributed by atoms with E-state index >= 15 is 0 Å². The highest BCUT2D eigenvalue weighted by Gasteiger charge is 2.13. The van der Waals surface area contributed by atoms with E-state index in [0.29, 0.717) is 10.2 Å². The molecule has 6 heteroatoms. The fourth-order valence-corrected chi connectivity index (χ4v) is 2.50. The molecule has 1 N–H and O–H groups in total. The molecule has 1 amide bonds. The van der Waals surface area contributed by atoms with Crippen LogP contribution >= 0.6 is 47.8 Å². The lowest BCUT2D eigenvalue weighted by molar-refractivity contribution is 0.102. The van der Waals surface area contributed by atoms with Crippen LogP contribution < -0.4 is 5.32 Å². The molecule has 0 aliphatic carbocycles. The number of rotatable bonds is 2. The van der Waals surface area contributed by atoms with Gasteiger partial charge in [-0.3, -0.25) is 4.79 Å². The van der Waals surface area contributed by atoms with E-state index in [1.807, 2.05) is 6.07 Å². The number of hydrogen-bond donors (Lipinski definition) is 1. The van der Waals surface area contributed by atoms with E-state index in [-0.39, 0.29) is 5.56 Å². The molecular weight excluding hydrogens is 445 g/mol. The summed E-state index contributed by atoms with van der Waals surface area (Å²) in [5, 5.41) is 2.66. The Morgan fingerprint density at radius 2 is 1.63 bits per heavy atom. The van der Waals surface area contributed by atoms with Gasteiger partial charge in [0.2, 0.25) is 0 Å². The number of hydrogen-bond acceptors (Lipinski definition) is 1. The van der Waals surface area contributed by atoms with Gasteiger partial charge in [0, 0.05) is 13.4 Å². The minimum atomic E-state index is -0.571. The predicted molar refractivity (Wildman–Crippen MR) is 83.9 cm³/mol. The molecule has 2 rings (SSSR count). The second kappa shape index (κ2) is 6.15. The zero-order valence-corrected chi connectivity index (χ0v) is 14.1. The van der Waals surface area contributed by atoms with E-state index in [9.17, 15) is 9.18 Å². The van der Waals surface area contributed by atoms with Gasteiger partial charge in [-0.15, -0.1) is 0 Å². The highest BCUT2D eigenvalue weighted by molar-refractivity contribution is 9.11. The molecule has 0 saturated carbocycles. The highest BCUT2D eigenvalue weighted by Crippen LogP contribution is 2.27. The number of carbonyl (C=O) groups is 1. The summed E-state index contributed by atoms with van der Waals surface area (Å²) in [6.07, 6.45) is 0. The van der Waals surface area contributed by atoms with Crippen LogP contribution in [0.3, 0.4) is 0 Å². The predicted octanol–water partition coefficient (Wildman–Crippen LogP) is 5.37. The summed E-state index contributed by atoms with van der Waals surface area (Å²) in [5.74, 6) is -1.07. The van der Waals surface area contributed by atoms with E-state index in [1.165, 1.54) is 12.1 Å². The Morgan fingerprint density at radius 3 is 2.32 bits per heavy atom. The number of halogens is 4. The first-order valence-electron chi connectivity index (χ1n) is 5.19. The van der Waals surface area contributed by atoms with Crippen LogP contribution in [0.5, 0.6) is 0 Å². The third-order valence-electron chi connectivity index (χ3n) is 2.35. The van der Waals surface area contributed by atoms with Crippen molar-refractivity contribution in [3.63, 3.8) is 0 Å². The minimum absolute atomic E-state index is 0.00456. The monoisotopic (exact) mass is 449 g/mol. The van der Waals surface area contributed by atoms with Crippen LogP contribution in [0.2, 0.25) is 0 Å². The normalized spacial score (nSPS) is 10.3. The fourth-order valence-electron chi connectivity index (χ4n) is 1.46. The van der Waals surface area contributed by atoms with Gasteiger partial charge in [0.05, 0.1) is 11.3 Å². The first kappa shape index (κ1) is 14.7. The Balaban J connectivity index is 2.28. The highest BCUT2D eigenvalue weighted by atomic mass is 79.9. The lowest BCUT2D eigenvalue weighted by Gasteiger charge is -2.08. The molecule has 0 aliphatic rings. The van der Waals surface area contributed by atoms with Crippen LogP contribution in [0.15, 0.2) is 49.8 Å². The van der Waals surface area contributed by atoms with Crippen LogP contribution in [0, 0.1) is 5.82 Å². The molecule has 0 saturated heterocycles. The summed E-state index contributed by atoms with van der Waals surface area (Å²) < 4.78 is 15.8. The van der Waals surface area contributed by atoms with E-state index in [2.05, 4.69) is 53.1 Å². The van der Waals surface area contributed by atoms with Crippen molar-refractivity contribution in [2.45, 2.75) is 0 Å². The Morgan fingerprint density at radius 1 is 1.00 bits per heavy atom. The molecule has 0 atom stereocenters. The van der Waals surface area contributed by atoms with Gasteiger partial charge in [-0.05, 0) is 52.3 Å². The van der Waals surface area contributed by atoms with Crippen molar-refractivity contribution in [3.05, 3.63) is 61.2 Å². The van der Waals surface area contributed by atoms with Gasteiger partial charge in [-0.25, -0.2) is 4.39 Å². The maximum absolute atomic E-state index is 13.7. The Labute approximate surface area is 134 Å². The summed E-state index contributed by atoms with van der Waals surface area (Å²) in [5.41, 5.74) is 0.566. The fraction of sp³-hybridized carbons (Fsp3) is 0. The van der Waals surface area contributed by atoms with E-state index in [4.69, 9.17) is 0 Å². The van der Waals surface area contributed by atoms with Crippen molar-refractivity contribution >= 4 is 59.4 Å². The smallest absolute Gasteiger partial charge is 0.258 e. The number of amides is 1. The first-order valence-corrected chi connectivity index (χ1v) is 7.57. The molecule has 19 heavy (non-hydrogen) atoms. The Kier molecular flexibility index (Phi) is 4.76. The average molecular weight is 452 g/mol. The van der Waals surface area contributed by atoms with E-state index in [0.717, 1.165) is 8.95 Å². The third-order valence-corrected chi connectivity index (χ3v) is 4.03. The van der Waals surface area contributed by atoms with Crippen molar-refractivity contribution in [2.75, 3.05) is 5.32 Å². The average Bonchev–Trinajstić information content (AvgIpc) is 2.33. The lowest BCUT2D eigenvalue weighted by Crippen LogP contribution is -2.14. The van der Waals surface area contributed by atoms with Gasteiger partial charge < -0.3 is 5.32 Å². The number of anilines is 1. The van der Waals surface area contributed by atoms with Crippen LogP contribution in [-0.4, -0.2) is 5.91 Å². The second-order valence-corrected chi connectivity index (χ2v) is 6.39. The van der Waals surface area contributed by atoms with Gasteiger partial charge in [-0.1, -0.05) is 31.9 Å². The molecule has 0 aromatic heterocycles. The molecule has 2 aromatic carbocycles. The molecule has 0 heterocycles. The summed E-state index contributed by atoms with van der Waals surface area (Å²) in [6, 6.07) is 9.66. The molecule has 0 aliphatic heterocycles. The zero-order chi connectivity index (χ0) is 14.0. The molecule has 0 radical (unpaired) electrons. The van der Waals surface area contributed by atoms with E-state index < -0.39 is 11.7 Å². The van der Waals surface area contributed by atoms with Crippen LogP contribution in [0.25, 0.3) is 0 Å². The van der Waals surface area contributed by atoms with Crippen LogP contribution in [0.1, 0.15) is 10.4 Å². The molecule has 0 bridgehead atoms. The molecule has 0 spiro atoms. The maximum Gasteiger partial charge on any atom is 0.258 e. The number of carbonyl (C=O) groups excluding carboxylic acids is 1. The summed E-state index contributed by atoms with van der Waals surface area (Å²) in [6.45, 7) is 0. The van der Waals surface area contributed by atoms with Gasteiger partial charge in [0.1, 0.15) is 5.82 Å². The Hall–Kier alpha value is -0.720. The Bertz CT molecular complexity index is 646. The molecule has 2 nitrogen and oxygen atoms in total. The van der Waals surface area contributed by atoms with Gasteiger partial charge in [0.25, 0.3) is 5.91 Å². The standard InChI is InChI=1S/C13H7Br3FNO/c14-7-1-3-9(11(17)5-7)13(19)18-12-6-8(15)2-4-10(12)16/h1-6H,(H,18,19). The summed E-state index contributed by atoms with van der Waals surface area (Å²) in [7, 11) is 0. The summed E-state index contributed by atoms with van der Waals surface area (Å²) in [4.78, 5) is 12.0. The maximum atomic E-state index is 13.7. The SMILES string of the molecule is O=C(Nc1cc(Br)ccc1Br)c1ccc(Br)cc1F. The van der Waals surface area contributed by atoms with Crippen molar-refractivity contribution in [3.8, 4) is 0 Å². The molecule has 0 fully saturated rings. The van der Waals surface area contributed by atoms with Gasteiger partial charge >= 0.3 is 0 Å². The van der Waals surface area contributed by atoms with Crippen molar-refractivity contribution in [2.24, 2.45) is 0 Å². The number of benzene rings is 2. The van der Waals surface area contributed by atoms with Gasteiger partial charge in [0.15, 0.2) is 0 Å². The number of nitrogens with one attached hydrogen (secondary N) is 1. The third kappa shape index (κ3) is 3.64. The molecule has 98 valence electrons. The van der Waals surface area contributed by atoms with Crippen molar-refractivity contribution in [1.29, 1.82) is 0 Å². The molecule has 0 unspecified atom stereocenters. The van der Waals surface area contributed by atoms with Crippen LogP contribution in [-0.2, 0) is 0 Å².